The molecule has 0 radical (unpaired) electrons. The summed E-state index contributed by atoms with van der Waals surface area (Å²) in [6.45, 7) is 3.86. The second-order valence-electron chi connectivity index (χ2n) is 5.26. The monoisotopic (exact) mass is 279 g/mol. The number of nitrogens with zero attached hydrogens (tertiary/aromatic N) is 1. The number of benzene rings is 2. The minimum Gasteiger partial charge on any atom is -0.384 e. The molecule has 2 rings (SSSR count). The SMILES string of the molecule is Cc1ccccc1CN(C)Cc1cccc(C#CCO)c1. The molecule has 0 saturated carbocycles. The lowest BCUT2D eigenvalue weighted by atomic mass is 10.1. The molecule has 0 saturated heterocycles. The van der Waals surface area contributed by atoms with Gasteiger partial charge in [0.15, 0.2) is 0 Å². The highest BCUT2D eigenvalue weighted by molar-refractivity contribution is 5.37. The molecule has 0 aromatic heterocycles. The number of aliphatic hydroxyl groups is 1. The van der Waals surface area contributed by atoms with Gasteiger partial charge in [0.1, 0.15) is 6.61 Å². The van der Waals surface area contributed by atoms with Gasteiger partial charge in [0, 0.05) is 18.7 Å². The first-order chi connectivity index (χ1) is 10.2. The third-order valence-electron chi connectivity index (χ3n) is 3.39. The van der Waals surface area contributed by atoms with Crippen LogP contribution in [-0.2, 0) is 13.1 Å². The van der Waals surface area contributed by atoms with E-state index in [0.29, 0.717) is 0 Å². The zero-order valence-electron chi connectivity index (χ0n) is 12.6. The molecule has 0 heterocycles. The number of aryl methyl sites for hydroxylation is 1. The van der Waals surface area contributed by atoms with Crippen molar-refractivity contribution in [3.8, 4) is 11.8 Å². The molecule has 2 aromatic rings. The molecular weight excluding hydrogens is 258 g/mol. The molecule has 0 aliphatic heterocycles. The topological polar surface area (TPSA) is 23.5 Å². The van der Waals surface area contributed by atoms with Crippen LogP contribution in [0.5, 0.6) is 0 Å². The van der Waals surface area contributed by atoms with Crippen LogP contribution in [-0.4, -0.2) is 23.7 Å². The molecule has 21 heavy (non-hydrogen) atoms. The lowest BCUT2D eigenvalue weighted by molar-refractivity contribution is 0.318. The Labute approximate surface area is 127 Å². The maximum absolute atomic E-state index is 8.75. The van der Waals surface area contributed by atoms with Crippen molar-refractivity contribution in [2.45, 2.75) is 20.0 Å². The molecule has 1 N–H and O–H groups in total. The highest BCUT2D eigenvalue weighted by atomic mass is 16.2. The Morgan fingerprint density at radius 1 is 1.05 bits per heavy atom. The number of aliphatic hydroxyl groups excluding tert-OH is 1. The van der Waals surface area contributed by atoms with Gasteiger partial charge in [-0.3, -0.25) is 4.90 Å². The van der Waals surface area contributed by atoms with Gasteiger partial charge in [0.25, 0.3) is 0 Å². The van der Waals surface area contributed by atoms with Gasteiger partial charge in [-0.1, -0.05) is 48.2 Å². The summed E-state index contributed by atoms with van der Waals surface area (Å²) in [4.78, 5) is 2.29. The van der Waals surface area contributed by atoms with Crippen molar-refractivity contribution >= 4 is 0 Å². The zero-order chi connectivity index (χ0) is 15.1. The van der Waals surface area contributed by atoms with E-state index < -0.39 is 0 Å². The normalized spacial score (nSPS) is 10.3. The summed E-state index contributed by atoms with van der Waals surface area (Å²) in [6.07, 6.45) is 0. The van der Waals surface area contributed by atoms with Crippen LogP contribution in [0.15, 0.2) is 48.5 Å². The van der Waals surface area contributed by atoms with E-state index in [1.54, 1.807) is 0 Å². The lowest BCUT2D eigenvalue weighted by Crippen LogP contribution is -2.17. The van der Waals surface area contributed by atoms with Gasteiger partial charge < -0.3 is 5.11 Å². The number of rotatable bonds is 4. The second kappa shape index (κ2) is 7.64. The van der Waals surface area contributed by atoms with Crippen molar-refractivity contribution in [3.63, 3.8) is 0 Å². The van der Waals surface area contributed by atoms with Crippen LogP contribution in [0.2, 0.25) is 0 Å². The molecule has 0 aliphatic carbocycles. The minimum absolute atomic E-state index is 0.0998. The molecule has 108 valence electrons. The van der Waals surface area contributed by atoms with E-state index in [1.807, 2.05) is 12.1 Å². The van der Waals surface area contributed by atoms with E-state index in [2.05, 4.69) is 67.1 Å². The lowest BCUT2D eigenvalue weighted by Gasteiger charge is -2.18. The quantitative estimate of drug-likeness (QED) is 0.870. The van der Waals surface area contributed by atoms with Crippen molar-refractivity contribution < 1.29 is 5.11 Å². The molecule has 2 heteroatoms. The Morgan fingerprint density at radius 3 is 2.62 bits per heavy atom. The van der Waals surface area contributed by atoms with E-state index >= 15 is 0 Å². The molecule has 0 spiro atoms. The van der Waals surface area contributed by atoms with Crippen molar-refractivity contribution in [2.24, 2.45) is 0 Å². The summed E-state index contributed by atoms with van der Waals surface area (Å²) in [7, 11) is 2.12. The summed E-state index contributed by atoms with van der Waals surface area (Å²) < 4.78 is 0. The van der Waals surface area contributed by atoms with Gasteiger partial charge in [0.2, 0.25) is 0 Å². The summed E-state index contributed by atoms with van der Waals surface area (Å²) in [5.74, 6) is 5.63. The van der Waals surface area contributed by atoms with E-state index in [1.165, 1.54) is 16.7 Å². The van der Waals surface area contributed by atoms with E-state index in [0.717, 1.165) is 18.7 Å². The van der Waals surface area contributed by atoms with Crippen LogP contribution in [0.3, 0.4) is 0 Å². The van der Waals surface area contributed by atoms with Crippen molar-refractivity contribution in [3.05, 3.63) is 70.8 Å². The summed E-state index contributed by atoms with van der Waals surface area (Å²) in [6, 6.07) is 16.6. The molecule has 0 aliphatic rings. The fourth-order valence-corrected chi connectivity index (χ4v) is 2.33. The largest absolute Gasteiger partial charge is 0.384 e. The van der Waals surface area contributed by atoms with Crippen molar-refractivity contribution in [2.75, 3.05) is 13.7 Å². The average molecular weight is 279 g/mol. The second-order valence-corrected chi connectivity index (χ2v) is 5.26. The molecule has 0 bridgehead atoms. The standard InChI is InChI=1S/C19H21NO/c1-16-7-3-4-11-19(16)15-20(2)14-18-9-5-8-17(13-18)10-6-12-21/h3-5,7-9,11,13,21H,12,14-15H2,1-2H3. The molecule has 0 fully saturated rings. The van der Waals surface area contributed by atoms with E-state index in [4.69, 9.17) is 5.11 Å². The van der Waals surface area contributed by atoms with Gasteiger partial charge in [-0.25, -0.2) is 0 Å². The molecule has 0 atom stereocenters. The Morgan fingerprint density at radius 2 is 1.86 bits per heavy atom. The number of hydrogen-bond donors (Lipinski definition) is 1. The van der Waals surface area contributed by atoms with Crippen molar-refractivity contribution in [1.29, 1.82) is 0 Å². The van der Waals surface area contributed by atoms with Gasteiger partial charge in [-0.15, -0.1) is 0 Å². The molecule has 0 unspecified atom stereocenters. The molecule has 2 aromatic carbocycles. The molecular formula is C19H21NO. The highest BCUT2D eigenvalue weighted by Crippen LogP contribution is 2.12. The predicted molar refractivity (Wildman–Crippen MR) is 86.8 cm³/mol. The molecule has 2 nitrogen and oxygen atoms in total. The first-order valence-corrected chi connectivity index (χ1v) is 7.11. The van der Waals surface area contributed by atoms with E-state index in [-0.39, 0.29) is 6.61 Å². The smallest absolute Gasteiger partial charge is 0.104 e. The summed E-state index contributed by atoms with van der Waals surface area (Å²) in [5.41, 5.74) is 4.87. The third-order valence-corrected chi connectivity index (χ3v) is 3.39. The maximum Gasteiger partial charge on any atom is 0.104 e. The zero-order valence-corrected chi connectivity index (χ0v) is 12.6. The highest BCUT2D eigenvalue weighted by Gasteiger charge is 2.04. The Bertz CT molecular complexity index is 652. The third kappa shape index (κ3) is 4.75. The van der Waals surface area contributed by atoms with Gasteiger partial charge in [-0.2, -0.15) is 0 Å². The van der Waals surface area contributed by atoms with Crippen LogP contribution in [0.1, 0.15) is 22.3 Å². The average Bonchev–Trinajstić information content (AvgIpc) is 2.48. The Kier molecular flexibility index (Phi) is 5.57. The maximum atomic E-state index is 8.75. The van der Waals surface area contributed by atoms with Crippen LogP contribution in [0.25, 0.3) is 0 Å². The fraction of sp³-hybridized carbons (Fsp3) is 0.263. The fourth-order valence-electron chi connectivity index (χ4n) is 2.33. The summed E-state index contributed by atoms with van der Waals surface area (Å²) in [5, 5.41) is 8.75. The van der Waals surface area contributed by atoms with Crippen molar-refractivity contribution in [1.82, 2.24) is 4.90 Å². The number of hydrogen-bond acceptors (Lipinski definition) is 2. The van der Waals surface area contributed by atoms with Gasteiger partial charge in [-0.05, 0) is 42.8 Å². The van der Waals surface area contributed by atoms with Crippen LogP contribution >= 0.6 is 0 Å². The molecule has 0 amide bonds. The Hall–Kier alpha value is -2.08. The van der Waals surface area contributed by atoms with Crippen LogP contribution < -0.4 is 0 Å². The Balaban J connectivity index is 2.02. The van der Waals surface area contributed by atoms with E-state index in [9.17, 15) is 0 Å². The summed E-state index contributed by atoms with van der Waals surface area (Å²) >= 11 is 0. The van der Waals surface area contributed by atoms with Gasteiger partial charge in [0.05, 0.1) is 0 Å². The van der Waals surface area contributed by atoms with Crippen LogP contribution in [0.4, 0.5) is 0 Å². The first kappa shape index (κ1) is 15.3. The van der Waals surface area contributed by atoms with Crippen LogP contribution in [0, 0.1) is 18.8 Å². The minimum atomic E-state index is -0.0998. The first-order valence-electron chi connectivity index (χ1n) is 7.11. The predicted octanol–water partition coefficient (Wildman–Crippen LogP) is 2.97. The van der Waals surface area contributed by atoms with Gasteiger partial charge >= 0.3 is 0 Å².